The number of para-hydroxylation sites is 2. The molecule has 0 saturated carbocycles. The molecule has 11 nitrogen and oxygen atoms in total. The minimum atomic E-state index is -0.603. The summed E-state index contributed by atoms with van der Waals surface area (Å²) in [4.78, 5) is 35.2. The Bertz CT molecular complexity index is 1800. The van der Waals surface area contributed by atoms with Crippen LogP contribution in [0.15, 0.2) is 97.5 Å². The first-order valence-electron chi connectivity index (χ1n) is 15.9. The molecule has 4 heterocycles. The van der Waals surface area contributed by atoms with Gasteiger partial charge in [0.05, 0.1) is 36.0 Å². The van der Waals surface area contributed by atoms with E-state index in [1.54, 1.807) is 12.4 Å². The van der Waals surface area contributed by atoms with Crippen molar-refractivity contribution in [2.75, 3.05) is 42.9 Å². The van der Waals surface area contributed by atoms with E-state index in [4.69, 9.17) is 9.47 Å². The lowest BCUT2D eigenvalue weighted by atomic mass is 9.90. The van der Waals surface area contributed by atoms with Crippen LogP contribution in [0.3, 0.4) is 0 Å². The Morgan fingerprint density at radius 1 is 0.851 bits per heavy atom. The summed E-state index contributed by atoms with van der Waals surface area (Å²) in [5.74, 6) is 0.503. The maximum Gasteiger partial charge on any atom is 0.275 e. The van der Waals surface area contributed by atoms with Crippen LogP contribution in [0.5, 0.6) is 0 Å². The van der Waals surface area contributed by atoms with Crippen molar-refractivity contribution in [3.05, 3.63) is 120 Å². The van der Waals surface area contributed by atoms with Crippen LogP contribution in [0.25, 0.3) is 11.0 Å². The van der Waals surface area contributed by atoms with Crippen molar-refractivity contribution in [2.24, 2.45) is 5.92 Å². The van der Waals surface area contributed by atoms with Crippen molar-refractivity contribution in [1.29, 1.82) is 0 Å². The Balaban J connectivity index is 1.06. The van der Waals surface area contributed by atoms with Crippen molar-refractivity contribution in [1.82, 2.24) is 24.8 Å². The zero-order chi connectivity index (χ0) is 32.2. The Morgan fingerprint density at radius 2 is 1.55 bits per heavy atom. The lowest BCUT2D eigenvalue weighted by Crippen LogP contribution is -2.51. The topological polar surface area (TPSA) is 126 Å². The predicted octanol–water partition coefficient (Wildman–Crippen LogP) is 4.78. The summed E-state index contributed by atoms with van der Waals surface area (Å²) in [7, 11) is 0. The van der Waals surface area contributed by atoms with E-state index in [2.05, 4.69) is 42.0 Å². The number of aromatic nitrogens is 4. The van der Waals surface area contributed by atoms with Gasteiger partial charge in [-0.25, -0.2) is 15.0 Å². The highest BCUT2D eigenvalue weighted by Crippen LogP contribution is 2.42. The number of carbonyl (C=O) groups excluding carboxylic acids is 1. The molecule has 2 fully saturated rings. The molecule has 2 N–H and O–H groups in total. The van der Waals surface area contributed by atoms with Gasteiger partial charge in [0, 0.05) is 62.3 Å². The molecule has 0 aliphatic carbocycles. The third-order valence-electron chi connectivity index (χ3n) is 8.89. The average Bonchev–Trinajstić information content (AvgIpc) is 3.13. The van der Waals surface area contributed by atoms with Gasteiger partial charge in [0.15, 0.2) is 6.29 Å². The first-order chi connectivity index (χ1) is 23.0. The van der Waals surface area contributed by atoms with Gasteiger partial charge in [-0.2, -0.15) is 0 Å². The molecule has 0 bridgehead atoms. The van der Waals surface area contributed by atoms with Crippen LogP contribution in [0.2, 0.25) is 0 Å². The number of carbonyl (C=O) groups is 1. The smallest absolute Gasteiger partial charge is 0.275 e. The second-order valence-corrected chi connectivity index (χ2v) is 12.0. The van der Waals surface area contributed by atoms with Crippen molar-refractivity contribution < 1.29 is 19.4 Å². The number of ether oxygens (including phenoxy) is 2. The summed E-state index contributed by atoms with van der Waals surface area (Å²) in [5, 5.41) is 12.5. The third kappa shape index (κ3) is 6.98. The molecule has 47 heavy (non-hydrogen) atoms. The lowest BCUT2D eigenvalue weighted by molar-refractivity contribution is -0.276. The van der Waals surface area contributed by atoms with Gasteiger partial charge in [-0.05, 0) is 41.5 Å². The quantitative estimate of drug-likeness (QED) is 0.247. The first kappa shape index (κ1) is 30.8. The Morgan fingerprint density at radius 3 is 2.28 bits per heavy atom. The van der Waals surface area contributed by atoms with Gasteiger partial charge in [-0.15, -0.1) is 0 Å². The molecule has 0 spiro atoms. The molecule has 2 saturated heterocycles. The second kappa shape index (κ2) is 13.9. The van der Waals surface area contributed by atoms with Crippen molar-refractivity contribution >= 4 is 28.6 Å². The number of aliphatic hydroxyl groups excluding tert-OH is 1. The van der Waals surface area contributed by atoms with Gasteiger partial charge in [0.25, 0.3) is 5.91 Å². The van der Waals surface area contributed by atoms with E-state index in [0.29, 0.717) is 11.2 Å². The molecule has 7 rings (SSSR count). The summed E-state index contributed by atoms with van der Waals surface area (Å²) in [6, 6.07) is 24.7. The van der Waals surface area contributed by atoms with Gasteiger partial charge in [-0.1, -0.05) is 55.5 Å². The number of nitrogens with zero attached hydrogens (tertiary/aromatic N) is 6. The fourth-order valence-corrected chi connectivity index (χ4v) is 6.15. The van der Waals surface area contributed by atoms with E-state index in [-0.39, 0.29) is 36.3 Å². The molecule has 2 aliphatic rings. The number of hydrogen-bond donors (Lipinski definition) is 2. The molecule has 1 amide bonds. The number of benzene rings is 3. The Labute approximate surface area is 273 Å². The van der Waals surface area contributed by atoms with Crippen LogP contribution in [-0.4, -0.2) is 74.7 Å². The fraction of sp³-hybridized carbons (Fsp3) is 0.306. The molecule has 4 atom stereocenters. The maximum atomic E-state index is 13.0. The number of aliphatic hydroxyl groups is 1. The minimum absolute atomic E-state index is 0.00789. The van der Waals surface area contributed by atoms with Crippen LogP contribution < -0.4 is 10.2 Å². The number of hydrogen-bond acceptors (Lipinski definition) is 10. The molecule has 3 aromatic carbocycles. The van der Waals surface area contributed by atoms with Crippen LogP contribution in [0, 0.1) is 5.92 Å². The first-order valence-corrected chi connectivity index (χ1v) is 15.9. The molecule has 240 valence electrons. The largest absolute Gasteiger partial charge is 0.392 e. The number of fused-ring (bicyclic) bond motifs is 1. The second-order valence-electron chi connectivity index (χ2n) is 12.0. The number of nitrogens with one attached hydrogen (secondary N) is 1. The zero-order valence-corrected chi connectivity index (χ0v) is 26.1. The highest BCUT2D eigenvalue weighted by molar-refractivity contribution is 6.03. The highest BCUT2D eigenvalue weighted by atomic mass is 16.7. The summed E-state index contributed by atoms with van der Waals surface area (Å²) in [6.07, 6.45) is 4.13. The summed E-state index contributed by atoms with van der Waals surface area (Å²) < 4.78 is 13.3. The molecular formula is C36H37N7O4. The number of piperazine rings is 1. The van der Waals surface area contributed by atoms with Crippen LogP contribution in [0.1, 0.15) is 46.5 Å². The molecule has 2 aliphatic heterocycles. The van der Waals surface area contributed by atoms with Crippen LogP contribution >= 0.6 is 0 Å². The molecule has 0 radical (unpaired) electrons. The average molecular weight is 632 g/mol. The van der Waals surface area contributed by atoms with Crippen molar-refractivity contribution in [3.8, 4) is 0 Å². The fourth-order valence-electron chi connectivity index (χ4n) is 6.15. The molecule has 0 unspecified atom stereocenters. The normalized spacial score (nSPS) is 21.9. The van der Waals surface area contributed by atoms with Gasteiger partial charge >= 0.3 is 0 Å². The van der Waals surface area contributed by atoms with Gasteiger partial charge in [-0.3, -0.25) is 14.7 Å². The predicted molar refractivity (Wildman–Crippen MR) is 178 cm³/mol. The number of rotatable bonds is 8. The van der Waals surface area contributed by atoms with Gasteiger partial charge < -0.3 is 24.8 Å². The maximum absolute atomic E-state index is 13.0. The highest BCUT2D eigenvalue weighted by Gasteiger charge is 2.39. The third-order valence-corrected chi connectivity index (χ3v) is 8.89. The number of amides is 1. The van der Waals surface area contributed by atoms with E-state index in [1.165, 1.54) is 6.20 Å². The van der Waals surface area contributed by atoms with Gasteiger partial charge in [0.2, 0.25) is 5.95 Å². The summed E-state index contributed by atoms with van der Waals surface area (Å²) >= 11 is 0. The summed E-state index contributed by atoms with van der Waals surface area (Å²) in [6.45, 7) is 6.37. The number of anilines is 2. The van der Waals surface area contributed by atoms with E-state index in [1.807, 2.05) is 78.9 Å². The van der Waals surface area contributed by atoms with Gasteiger partial charge in [0.1, 0.15) is 5.69 Å². The minimum Gasteiger partial charge on any atom is -0.392 e. The van der Waals surface area contributed by atoms with Crippen LogP contribution in [-0.2, 0) is 16.1 Å². The molecular weight excluding hydrogens is 594 g/mol. The lowest BCUT2D eigenvalue weighted by Gasteiger charge is -2.44. The van der Waals surface area contributed by atoms with E-state index >= 15 is 0 Å². The van der Waals surface area contributed by atoms with Crippen molar-refractivity contribution in [2.45, 2.75) is 32.0 Å². The van der Waals surface area contributed by atoms with Crippen LogP contribution in [0.4, 0.5) is 11.6 Å². The van der Waals surface area contributed by atoms with Crippen molar-refractivity contribution in [3.63, 3.8) is 0 Å². The standard InChI is InChI=1S/C36H37N7O4/c1-24-32(22-42-17-19-43(20-18-42)36-37-15-4-16-38-36)46-35(47-33(24)26-9-7-25(23-44)8-10-26)27-11-13-28(14-12-27)40-34(45)31-21-39-29-5-2-3-6-30(29)41-31/h2-16,21,24,32-33,35,44H,17-20,22-23H2,1H3,(H,40,45)/t24-,32+,33+,35+/m1/s1. The summed E-state index contributed by atoms with van der Waals surface area (Å²) in [5.41, 5.74) is 5.03. The van der Waals surface area contributed by atoms with E-state index in [0.717, 1.165) is 60.9 Å². The SMILES string of the molecule is C[C@@H]1[C@H](CN2CCN(c3ncccn3)CC2)O[C@H](c2ccc(NC(=O)c3cnc4ccccc4n3)cc2)O[C@@H]1c1ccc(CO)cc1. The molecule has 11 heteroatoms. The molecule has 2 aromatic heterocycles. The van der Waals surface area contributed by atoms with E-state index in [9.17, 15) is 9.90 Å². The van der Waals surface area contributed by atoms with E-state index < -0.39 is 6.29 Å². The zero-order valence-electron chi connectivity index (χ0n) is 26.1. The monoisotopic (exact) mass is 631 g/mol. The molecule has 5 aromatic rings. The Hall–Kier alpha value is -4.81. The Kier molecular flexibility index (Phi) is 9.11.